The number of hydrogen-bond acceptors (Lipinski definition) is 4. The van der Waals surface area contributed by atoms with Crippen molar-refractivity contribution in [2.45, 2.75) is 6.42 Å². The van der Waals surface area contributed by atoms with Crippen molar-refractivity contribution in [3.63, 3.8) is 0 Å². The average Bonchev–Trinajstić information content (AvgIpc) is 2.74. The van der Waals surface area contributed by atoms with Gasteiger partial charge in [-0.1, -0.05) is 48.5 Å². The van der Waals surface area contributed by atoms with Gasteiger partial charge in [0, 0.05) is 11.1 Å². The fraction of sp³-hybridized carbons (Fsp3) is 0.130. The van der Waals surface area contributed by atoms with Crippen LogP contribution in [0.25, 0.3) is 0 Å². The molecule has 0 fully saturated rings. The molecule has 3 aromatic carbocycles. The van der Waals surface area contributed by atoms with Crippen molar-refractivity contribution < 1.29 is 19.1 Å². The number of carbonyl (C=O) groups excluding carboxylic acids is 2. The van der Waals surface area contributed by atoms with Crippen molar-refractivity contribution >= 4 is 11.8 Å². The number of ketones is 1. The molecule has 4 nitrogen and oxygen atoms in total. The van der Waals surface area contributed by atoms with Crippen LogP contribution in [0.4, 0.5) is 0 Å². The van der Waals surface area contributed by atoms with E-state index in [2.05, 4.69) is 0 Å². The number of benzene rings is 3. The first kappa shape index (κ1) is 17.0. The largest absolute Gasteiger partial charge is 0.492 e. The lowest BCUT2D eigenvalue weighted by Crippen LogP contribution is -2.31. The molecule has 4 rings (SSSR count). The van der Waals surface area contributed by atoms with Gasteiger partial charge in [-0.25, -0.2) is 0 Å². The molecule has 134 valence electrons. The molecule has 4 heteroatoms. The summed E-state index contributed by atoms with van der Waals surface area (Å²) in [5.41, 5.74) is 2.19. The fourth-order valence-corrected chi connectivity index (χ4v) is 3.11. The van der Waals surface area contributed by atoms with Crippen LogP contribution in [0.2, 0.25) is 0 Å². The van der Waals surface area contributed by atoms with Gasteiger partial charge in [0.05, 0.1) is 5.92 Å². The Bertz CT molecular complexity index is 961. The molecule has 0 radical (unpaired) electrons. The molecule has 0 aromatic heterocycles. The second kappa shape index (κ2) is 7.46. The summed E-state index contributed by atoms with van der Waals surface area (Å²) < 4.78 is 11.1. The van der Waals surface area contributed by atoms with E-state index in [4.69, 9.17) is 9.47 Å². The quantitative estimate of drug-likeness (QED) is 0.401. The zero-order valence-electron chi connectivity index (χ0n) is 14.6. The average molecular weight is 358 g/mol. The van der Waals surface area contributed by atoms with Crippen molar-refractivity contribution in [3.05, 3.63) is 95.6 Å². The van der Waals surface area contributed by atoms with Crippen LogP contribution < -0.4 is 9.47 Å². The summed E-state index contributed by atoms with van der Waals surface area (Å²) in [6, 6.07) is 23.4. The van der Waals surface area contributed by atoms with Gasteiger partial charge in [-0.15, -0.1) is 0 Å². The topological polar surface area (TPSA) is 52.6 Å². The minimum Gasteiger partial charge on any atom is -0.492 e. The van der Waals surface area contributed by atoms with E-state index in [1.165, 1.54) is 0 Å². The Kier molecular flexibility index (Phi) is 4.71. The van der Waals surface area contributed by atoms with Gasteiger partial charge in [0.15, 0.2) is 5.78 Å². The van der Waals surface area contributed by atoms with Crippen molar-refractivity contribution in [2.75, 3.05) is 6.61 Å². The van der Waals surface area contributed by atoms with E-state index >= 15 is 0 Å². The normalized spacial score (nSPS) is 15.3. The Morgan fingerprint density at radius 3 is 2.26 bits per heavy atom. The molecule has 1 aliphatic heterocycles. The SMILES string of the molecule is O=C(c1ccccc1)c1ccc(OC(=O)[C@@H]2COc3ccccc3C2)cc1. The van der Waals surface area contributed by atoms with Crippen molar-refractivity contribution in [1.82, 2.24) is 0 Å². The highest BCUT2D eigenvalue weighted by Crippen LogP contribution is 2.28. The number of rotatable bonds is 4. The maximum atomic E-state index is 12.4. The second-order valence-electron chi connectivity index (χ2n) is 6.46. The van der Waals surface area contributed by atoms with Crippen LogP contribution in [-0.4, -0.2) is 18.4 Å². The van der Waals surface area contributed by atoms with Gasteiger partial charge in [0.1, 0.15) is 18.1 Å². The maximum Gasteiger partial charge on any atom is 0.318 e. The molecule has 3 aromatic rings. The van der Waals surface area contributed by atoms with Gasteiger partial charge < -0.3 is 9.47 Å². The van der Waals surface area contributed by atoms with Crippen molar-refractivity contribution in [1.29, 1.82) is 0 Å². The number of carbonyl (C=O) groups is 2. The van der Waals surface area contributed by atoms with Gasteiger partial charge >= 0.3 is 5.97 Å². The molecule has 1 atom stereocenters. The van der Waals surface area contributed by atoms with E-state index in [0.717, 1.165) is 11.3 Å². The molecule has 1 aliphatic rings. The predicted molar refractivity (Wildman–Crippen MR) is 101 cm³/mol. The van der Waals surface area contributed by atoms with Crippen LogP contribution in [-0.2, 0) is 11.2 Å². The lowest BCUT2D eigenvalue weighted by Gasteiger charge is -2.23. The minimum absolute atomic E-state index is 0.0641. The van der Waals surface area contributed by atoms with E-state index in [1.54, 1.807) is 36.4 Å². The zero-order valence-corrected chi connectivity index (χ0v) is 14.6. The summed E-state index contributed by atoms with van der Waals surface area (Å²) >= 11 is 0. The lowest BCUT2D eigenvalue weighted by molar-refractivity contribution is -0.140. The molecule has 1 heterocycles. The third-order valence-electron chi connectivity index (χ3n) is 4.58. The smallest absolute Gasteiger partial charge is 0.318 e. The molecule has 0 amide bonds. The van der Waals surface area contributed by atoms with Crippen molar-refractivity contribution in [3.8, 4) is 11.5 Å². The first-order valence-corrected chi connectivity index (χ1v) is 8.83. The molecule has 0 aliphatic carbocycles. The maximum absolute atomic E-state index is 12.4. The third kappa shape index (κ3) is 3.75. The number of ether oxygens (including phenoxy) is 2. The molecule has 0 unspecified atom stereocenters. The van der Waals surface area contributed by atoms with Gasteiger partial charge in [0.25, 0.3) is 0 Å². The molecule has 0 saturated heterocycles. The summed E-state index contributed by atoms with van der Waals surface area (Å²) in [4.78, 5) is 24.9. The highest BCUT2D eigenvalue weighted by molar-refractivity contribution is 6.09. The van der Waals surface area contributed by atoms with Crippen LogP contribution >= 0.6 is 0 Å². The summed E-state index contributed by atoms with van der Waals surface area (Å²) in [7, 11) is 0. The molecular formula is C23H18O4. The molecular weight excluding hydrogens is 340 g/mol. The molecule has 0 N–H and O–H groups in total. The third-order valence-corrected chi connectivity index (χ3v) is 4.58. The van der Waals surface area contributed by atoms with Crippen LogP contribution in [0.3, 0.4) is 0 Å². The minimum atomic E-state index is -0.342. The highest BCUT2D eigenvalue weighted by atomic mass is 16.5. The van der Waals surface area contributed by atoms with Crippen LogP contribution in [0.15, 0.2) is 78.9 Å². The number of para-hydroxylation sites is 1. The van der Waals surface area contributed by atoms with Gasteiger partial charge in [-0.3, -0.25) is 9.59 Å². The van der Waals surface area contributed by atoms with Gasteiger partial charge in [-0.2, -0.15) is 0 Å². The van der Waals surface area contributed by atoms with Gasteiger partial charge in [0.2, 0.25) is 0 Å². The predicted octanol–water partition coefficient (Wildman–Crippen LogP) is 4.07. The van der Waals surface area contributed by atoms with E-state index in [0.29, 0.717) is 29.9 Å². The zero-order chi connectivity index (χ0) is 18.6. The fourth-order valence-electron chi connectivity index (χ4n) is 3.11. The standard InChI is InChI=1S/C23H18O4/c24-22(16-6-2-1-3-7-16)17-10-12-20(13-11-17)27-23(25)19-14-18-8-4-5-9-21(18)26-15-19/h1-13,19H,14-15H2/t19-/m0/s1. The van der Waals surface area contributed by atoms with E-state index in [-0.39, 0.29) is 17.7 Å². The highest BCUT2D eigenvalue weighted by Gasteiger charge is 2.27. The number of fused-ring (bicyclic) bond motifs is 1. The molecule has 27 heavy (non-hydrogen) atoms. The summed E-state index contributed by atoms with van der Waals surface area (Å²) in [6.07, 6.45) is 0.597. The second-order valence-corrected chi connectivity index (χ2v) is 6.46. The first-order chi connectivity index (χ1) is 13.2. The number of esters is 1. The lowest BCUT2D eigenvalue weighted by atomic mass is 9.97. The van der Waals surface area contributed by atoms with Crippen LogP contribution in [0.5, 0.6) is 11.5 Å². The Morgan fingerprint density at radius 1 is 0.815 bits per heavy atom. The van der Waals surface area contributed by atoms with Crippen LogP contribution in [0, 0.1) is 5.92 Å². The van der Waals surface area contributed by atoms with E-state index in [1.807, 2.05) is 42.5 Å². The Labute approximate surface area is 157 Å². The molecule has 0 spiro atoms. The first-order valence-electron chi connectivity index (χ1n) is 8.83. The molecule has 0 saturated carbocycles. The Morgan fingerprint density at radius 2 is 1.48 bits per heavy atom. The van der Waals surface area contributed by atoms with Crippen molar-refractivity contribution in [2.24, 2.45) is 5.92 Å². The number of hydrogen-bond donors (Lipinski definition) is 0. The summed E-state index contributed by atoms with van der Waals surface area (Å²) in [6.45, 7) is 0.306. The Hall–Kier alpha value is -3.40. The van der Waals surface area contributed by atoms with E-state index < -0.39 is 0 Å². The van der Waals surface area contributed by atoms with Gasteiger partial charge in [-0.05, 0) is 42.3 Å². The Balaban J connectivity index is 1.41. The van der Waals surface area contributed by atoms with Crippen LogP contribution in [0.1, 0.15) is 21.5 Å². The summed E-state index contributed by atoms with van der Waals surface area (Å²) in [5.74, 6) is 0.511. The molecule has 0 bridgehead atoms. The summed E-state index contributed by atoms with van der Waals surface area (Å²) in [5, 5.41) is 0. The monoisotopic (exact) mass is 358 g/mol. The van der Waals surface area contributed by atoms with E-state index in [9.17, 15) is 9.59 Å².